The fourth-order valence-corrected chi connectivity index (χ4v) is 3.05. The van der Waals surface area contributed by atoms with E-state index < -0.39 is 22.4 Å². The minimum Gasteiger partial charge on any atom is -0.481 e. The standard InChI is InChI=1S/C24H20F3NO5/c25-24(26,27)21-17-20(12-13-22(21)28(29)30)31-15-5-9-18-7-1-2-8-19(18)10-6-16-33-23-11-3-4-14-32-23/h1-2,7-8,12-13,17,23H,3-4,11,14-16H2. The Bertz CT molecular complexity index is 1100. The van der Waals surface area contributed by atoms with Crippen molar-refractivity contribution >= 4 is 5.69 Å². The first-order chi connectivity index (χ1) is 15.8. The fourth-order valence-electron chi connectivity index (χ4n) is 3.05. The molecule has 1 fully saturated rings. The Morgan fingerprint density at radius 1 is 1.06 bits per heavy atom. The topological polar surface area (TPSA) is 70.8 Å². The van der Waals surface area contributed by atoms with Gasteiger partial charge in [-0.3, -0.25) is 10.1 Å². The third-order valence-electron chi connectivity index (χ3n) is 4.63. The molecular weight excluding hydrogens is 439 g/mol. The molecule has 33 heavy (non-hydrogen) atoms. The van der Waals surface area contributed by atoms with E-state index in [9.17, 15) is 23.3 Å². The Balaban J connectivity index is 1.61. The van der Waals surface area contributed by atoms with Gasteiger partial charge in [0.15, 0.2) is 6.29 Å². The molecule has 0 aliphatic carbocycles. The third-order valence-corrected chi connectivity index (χ3v) is 4.63. The second-order valence-corrected chi connectivity index (χ2v) is 6.98. The summed E-state index contributed by atoms with van der Waals surface area (Å²) in [6.07, 6.45) is -2.15. The maximum atomic E-state index is 13.1. The van der Waals surface area contributed by atoms with E-state index in [1.54, 1.807) is 18.2 Å². The summed E-state index contributed by atoms with van der Waals surface area (Å²) in [7, 11) is 0. The zero-order valence-electron chi connectivity index (χ0n) is 17.5. The SMILES string of the molecule is O=[N+]([O-])c1ccc(OCC#Cc2ccccc2C#CCOC2CCCCO2)cc1C(F)(F)F. The highest BCUT2D eigenvalue weighted by Gasteiger charge is 2.38. The Morgan fingerprint density at radius 2 is 1.76 bits per heavy atom. The fraction of sp³-hybridized carbons (Fsp3) is 0.333. The molecule has 172 valence electrons. The van der Waals surface area contributed by atoms with E-state index in [1.165, 1.54) is 0 Å². The van der Waals surface area contributed by atoms with Gasteiger partial charge in [0.1, 0.15) is 24.5 Å². The Hall–Kier alpha value is -3.53. The Morgan fingerprint density at radius 3 is 2.36 bits per heavy atom. The number of nitro groups is 1. The molecule has 1 unspecified atom stereocenters. The van der Waals surface area contributed by atoms with Crippen molar-refractivity contribution in [3.05, 3.63) is 69.3 Å². The summed E-state index contributed by atoms with van der Waals surface area (Å²) >= 11 is 0. The zero-order valence-corrected chi connectivity index (χ0v) is 17.5. The van der Waals surface area contributed by atoms with Gasteiger partial charge >= 0.3 is 6.18 Å². The van der Waals surface area contributed by atoms with Crippen molar-refractivity contribution in [2.24, 2.45) is 0 Å². The molecule has 3 rings (SSSR count). The molecule has 0 spiro atoms. The largest absolute Gasteiger partial charge is 0.481 e. The monoisotopic (exact) mass is 459 g/mol. The van der Waals surface area contributed by atoms with Crippen LogP contribution < -0.4 is 4.74 Å². The lowest BCUT2D eigenvalue weighted by atomic mass is 10.1. The van der Waals surface area contributed by atoms with E-state index in [2.05, 4.69) is 23.7 Å². The summed E-state index contributed by atoms with van der Waals surface area (Å²) < 4.78 is 55.5. The van der Waals surface area contributed by atoms with Gasteiger partial charge in [0.2, 0.25) is 0 Å². The molecule has 0 N–H and O–H groups in total. The average Bonchev–Trinajstić information content (AvgIpc) is 2.80. The smallest absolute Gasteiger partial charge is 0.423 e. The van der Waals surface area contributed by atoms with Crippen LogP contribution in [0, 0.1) is 33.8 Å². The molecule has 0 amide bonds. The van der Waals surface area contributed by atoms with Crippen molar-refractivity contribution in [2.45, 2.75) is 31.7 Å². The quantitative estimate of drug-likeness (QED) is 0.360. The summed E-state index contributed by atoms with van der Waals surface area (Å²) in [5.74, 6) is 11.3. The van der Waals surface area contributed by atoms with Crippen LogP contribution in [0.15, 0.2) is 42.5 Å². The molecule has 9 heteroatoms. The number of nitrogens with zero attached hydrogens (tertiary/aromatic N) is 1. The van der Waals surface area contributed by atoms with Crippen molar-refractivity contribution in [2.75, 3.05) is 19.8 Å². The number of ether oxygens (including phenoxy) is 3. The predicted octanol–water partition coefficient (Wildman–Crippen LogP) is 4.94. The van der Waals surface area contributed by atoms with E-state index in [-0.39, 0.29) is 25.3 Å². The minimum absolute atomic E-state index is 0.169. The van der Waals surface area contributed by atoms with Crippen LogP contribution in [-0.4, -0.2) is 31.0 Å². The first-order valence-corrected chi connectivity index (χ1v) is 10.1. The molecular formula is C24H20F3NO5. The Kier molecular flexibility index (Phi) is 8.31. The predicted molar refractivity (Wildman–Crippen MR) is 113 cm³/mol. The van der Waals surface area contributed by atoms with Crippen LogP contribution >= 0.6 is 0 Å². The first-order valence-electron chi connectivity index (χ1n) is 10.1. The zero-order chi connectivity index (χ0) is 23.7. The van der Waals surface area contributed by atoms with Gasteiger partial charge in [-0.25, -0.2) is 0 Å². The van der Waals surface area contributed by atoms with E-state index in [4.69, 9.17) is 14.2 Å². The van der Waals surface area contributed by atoms with Gasteiger partial charge in [-0.05, 0) is 43.5 Å². The summed E-state index contributed by atoms with van der Waals surface area (Å²) in [5.41, 5.74) is -1.11. The molecule has 6 nitrogen and oxygen atoms in total. The van der Waals surface area contributed by atoms with Crippen molar-refractivity contribution in [3.63, 3.8) is 0 Å². The van der Waals surface area contributed by atoms with E-state index in [1.807, 2.05) is 6.07 Å². The number of hydrogen-bond acceptors (Lipinski definition) is 5. The summed E-state index contributed by atoms with van der Waals surface area (Å²) in [6.45, 7) is 0.701. The van der Waals surface area contributed by atoms with Gasteiger partial charge in [-0.15, -0.1) is 0 Å². The van der Waals surface area contributed by atoms with Crippen LogP contribution in [0.2, 0.25) is 0 Å². The molecule has 0 saturated carbocycles. The van der Waals surface area contributed by atoms with Crippen molar-refractivity contribution in [1.29, 1.82) is 0 Å². The number of benzene rings is 2. The lowest BCUT2D eigenvalue weighted by molar-refractivity contribution is -0.388. The third kappa shape index (κ3) is 7.25. The van der Waals surface area contributed by atoms with Gasteiger partial charge in [0.05, 0.1) is 4.92 Å². The average molecular weight is 459 g/mol. The molecule has 1 atom stereocenters. The van der Waals surface area contributed by atoms with Crippen LogP contribution in [0.5, 0.6) is 5.75 Å². The number of rotatable bonds is 5. The molecule has 1 aliphatic heterocycles. The molecule has 1 heterocycles. The van der Waals surface area contributed by atoms with Crippen molar-refractivity contribution in [1.82, 2.24) is 0 Å². The van der Waals surface area contributed by atoms with Gasteiger partial charge in [0.25, 0.3) is 5.69 Å². The molecule has 1 aliphatic rings. The minimum atomic E-state index is -4.88. The van der Waals surface area contributed by atoms with Gasteiger partial charge in [-0.1, -0.05) is 35.8 Å². The maximum absolute atomic E-state index is 13.1. The van der Waals surface area contributed by atoms with E-state index in [0.29, 0.717) is 23.8 Å². The maximum Gasteiger partial charge on any atom is 0.423 e. The normalized spacial score (nSPS) is 15.5. The molecule has 1 saturated heterocycles. The lowest BCUT2D eigenvalue weighted by Crippen LogP contribution is -2.22. The second-order valence-electron chi connectivity index (χ2n) is 6.98. The highest BCUT2D eigenvalue weighted by molar-refractivity contribution is 5.50. The van der Waals surface area contributed by atoms with Crippen LogP contribution in [0.3, 0.4) is 0 Å². The summed E-state index contributed by atoms with van der Waals surface area (Å²) in [5, 5.41) is 10.8. The van der Waals surface area contributed by atoms with Gasteiger partial charge in [0, 0.05) is 23.8 Å². The van der Waals surface area contributed by atoms with E-state index in [0.717, 1.165) is 31.4 Å². The lowest BCUT2D eigenvalue weighted by Gasteiger charge is -2.21. The van der Waals surface area contributed by atoms with Gasteiger partial charge < -0.3 is 14.2 Å². The van der Waals surface area contributed by atoms with Crippen LogP contribution in [0.1, 0.15) is 36.0 Å². The second kappa shape index (κ2) is 11.4. The number of nitro benzene ring substituents is 1. The van der Waals surface area contributed by atoms with E-state index >= 15 is 0 Å². The first kappa shape index (κ1) is 24.1. The number of halogens is 3. The van der Waals surface area contributed by atoms with Crippen molar-refractivity contribution < 1.29 is 32.3 Å². The number of hydrogen-bond donors (Lipinski definition) is 0. The Labute approximate surface area is 188 Å². The molecule has 2 aromatic rings. The van der Waals surface area contributed by atoms with Crippen molar-refractivity contribution in [3.8, 4) is 29.4 Å². The molecule has 0 bridgehead atoms. The summed E-state index contributed by atoms with van der Waals surface area (Å²) in [4.78, 5) is 9.74. The summed E-state index contributed by atoms with van der Waals surface area (Å²) in [6, 6.07) is 9.61. The number of alkyl halides is 3. The highest BCUT2D eigenvalue weighted by Crippen LogP contribution is 2.38. The molecule has 0 aromatic heterocycles. The molecule has 0 radical (unpaired) electrons. The van der Waals surface area contributed by atoms with Crippen LogP contribution in [0.4, 0.5) is 18.9 Å². The highest BCUT2D eigenvalue weighted by atomic mass is 19.4. The van der Waals surface area contributed by atoms with Crippen LogP contribution in [0.25, 0.3) is 0 Å². The van der Waals surface area contributed by atoms with Gasteiger partial charge in [-0.2, -0.15) is 13.2 Å². The van der Waals surface area contributed by atoms with Crippen LogP contribution in [-0.2, 0) is 15.7 Å². The molecule has 2 aromatic carbocycles.